The zero-order valence-electron chi connectivity index (χ0n) is 10.6. The van der Waals surface area contributed by atoms with Crippen molar-refractivity contribution in [1.29, 1.82) is 0 Å². The number of nitrogens with two attached hydrogens (primary N) is 1. The van der Waals surface area contributed by atoms with Crippen LogP contribution >= 0.6 is 15.9 Å². The number of benzene rings is 2. The molecular formula is C13H13BrN2O3S. The number of hydrogen-bond donors (Lipinski definition) is 2. The Labute approximate surface area is 125 Å². The first-order valence-corrected chi connectivity index (χ1v) is 7.92. The van der Waals surface area contributed by atoms with Crippen LogP contribution in [0, 0.1) is 0 Å². The minimum absolute atomic E-state index is 0.109. The van der Waals surface area contributed by atoms with Crippen molar-refractivity contribution in [3.63, 3.8) is 0 Å². The highest BCUT2D eigenvalue weighted by atomic mass is 79.9. The first-order chi connectivity index (χ1) is 9.44. The fourth-order valence-corrected chi connectivity index (χ4v) is 3.83. The predicted molar refractivity (Wildman–Crippen MR) is 82.4 cm³/mol. The monoisotopic (exact) mass is 356 g/mol. The van der Waals surface area contributed by atoms with E-state index in [-0.39, 0.29) is 4.90 Å². The molecule has 0 aliphatic carbocycles. The third-order valence-corrected chi connectivity index (χ3v) is 4.94. The molecule has 20 heavy (non-hydrogen) atoms. The van der Waals surface area contributed by atoms with Gasteiger partial charge in [0.2, 0.25) is 0 Å². The van der Waals surface area contributed by atoms with Crippen molar-refractivity contribution < 1.29 is 13.2 Å². The van der Waals surface area contributed by atoms with E-state index in [4.69, 9.17) is 10.5 Å². The van der Waals surface area contributed by atoms with E-state index < -0.39 is 10.0 Å². The van der Waals surface area contributed by atoms with Crippen LogP contribution in [0.25, 0.3) is 0 Å². The van der Waals surface area contributed by atoms with E-state index >= 15 is 0 Å². The highest BCUT2D eigenvalue weighted by Gasteiger charge is 2.19. The van der Waals surface area contributed by atoms with Crippen LogP contribution in [0.4, 0.5) is 11.4 Å². The number of anilines is 2. The van der Waals surface area contributed by atoms with E-state index in [2.05, 4.69) is 20.7 Å². The average Bonchev–Trinajstić information content (AvgIpc) is 2.38. The van der Waals surface area contributed by atoms with E-state index in [0.29, 0.717) is 21.6 Å². The van der Waals surface area contributed by atoms with Gasteiger partial charge in [-0.25, -0.2) is 8.42 Å². The normalized spacial score (nSPS) is 11.1. The fraction of sp³-hybridized carbons (Fsp3) is 0.0769. The van der Waals surface area contributed by atoms with Gasteiger partial charge in [-0.15, -0.1) is 0 Å². The molecule has 0 saturated heterocycles. The molecule has 7 heteroatoms. The average molecular weight is 357 g/mol. The lowest BCUT2D eigenvalue weighted by Crippen LogP contribution is -2.14. The summed E-state index contributed by atoms with van der Waals surface area (Å²) >= 11 is 3.20. The van der Waals surface area contributed by atoms with Crippen LogP contribution < -0.4 is 15.2 Å². The van der Waals surface area contributed by atoms with Gasteiger partial charge in [0.1, 0.15) is 10.6 Å². The number of nitrogens with one attached hydrogen (secondary N) is 1. The molecule has 0 unspecified atom stereocenters. The van der Waals surface area contributed by atoms with Gasteiger partial charge < -0.3 is 10.5 Å². The maximum atomic E-state index is 12.4. The lowest BCUT2D eigenvalue weighted by Gasteiger charge is -2.12. The fourth-order valence-electron chi connectivity index (χ4n) is 1.66. The summed E-state index contributed by atoms with van der Waals surface area (Å²) in [6.45, 7) is 0. The van der Waals surface area contributed by atoms with Gasteiger partial charge in [0.25, 0.3) is 10.0 Å². The third kappa shape index (κ3) is 3.05. The Bertz CT molecular complexity index is 732. The molecule has 0 saturated carbocycles. The summed E-state index contributed by atoms with van der Waals surface area (Å²) in [5, 5.41) is 0. The van der Waals surface area contributed by atoms with Crippen molar-refractivity contribution in [2.45, 2.75) is 4.90 Å². The molecule has 5 nitrogen and oxygen atoms in total. The molecule has 0 spiro atoms. The van der Waals surface area contributed by atoms with Gasteiger partial charge in [-0.1, -0.05) is 12.1 Å². The molecule has 0 aliphatic rings. The van der Waals surface area contributed by atoms with Crippen molar-refractivity contribution in [2.24, 2.45) is 0 Å². The van der Waals surface area contributed by atoms with E-state index in [1.165, 1.54) is 25.3 Å². The summed E-state index contributed by atoms with van der Waals surface area (Å²) in [4.78, 5) is 0.109. The van der Waals surface area contributed by atoms with Crippen molar-refractivity contribution >= 4 is 37.3 Å². The van der Waals surface area contributed by atoms with Crippen molar-refractivity contribution in [1.82, 2.24) is 0 Å². The van der Waals surface area contributed by atoms with Crippen LogP contribution in [0.5, 0.6) is 5.75 Å². The van der Waals surface area contributed by atoms with Crippen molar-refractivity contribution in [3.8, 4) is 5.75 Å². The number of sulfonamides is 1. The Balaban J connectivity index is 2.41. The first-order valence-electron chi connectivity index (χ1n) is 5.65. The Kier molecular flexibility index (Phi) is 4.20. The number of hydrogen-bond acceptors (Lipinski definition) is 4. The topological polar surface area (TPSA) is 81.4 Å². The molecule has 0 amide bonds. The number of para-hydroxylation sites is 2. The van der Waals surface area contributed by atoms with Gasteiger partial charge in [0, 0.05) is 10.2 Å². The second-order valence-electron chi connectivity index (χ2n) is 4.00. The summed E-state index contributed by atoms with van der Waals surface area (Å²) in [6, 6.07) is 11.3. The van der Waals surface area contributed by atoms with Gasteiger partial charge in [-0.3, -0.25) is 4.72 Å². The molecule has 106 valence electrons. The molecule has 0 heterocycles. The van der Waals surface area contributed by atoms with Gasteiger partial charge >= 0.3 is 0 Å². The summed E-state index contributed by atoms with van der Waals surface area (Å²) in [5.74, 6) is 0.447. The molecule has 2 rings (SSSR count). The van der Waals surface area contributed by atoms with E-state index in [1.807, 2.05) is 0 Å². The Hall–Kier alpha value is -1.73. The molecule has 0 atom stereocenters. The van der Waals surface area contributed by atoms with Gasteiger partial charge in [0.15, 0.2) is 0 Å². The number of halogens is 1. The number of ether oxygens (including phenoxy) is 1. The largest absolute Gasteiger partial charge is 0.495 e. The van der Waals surface area contributed by atoms with Crippen LogP contribution in [-0.2, 0) is 10.0 Å². The highest BCUT2D eigenvalue weighted by Crippen LogP contribution is 2.29. The van der Waals surface area contributed by atoms with Crippen LogP contribution in [0.15, 0.2) is 51.8 Å². The summed E-state index contributed by atoms with van der Waals surface area (Å²) in [5.41, 5.74) is 6.46. The molecule has 3 N–H and O–H groups in total. The van der Waals surface area contributed by atoms with E-state index in [1.54, 1.807) is 24.3 Å². The zero-order valence-corrected chi connectivity index (χ0v) is 13.0. The van der Waals surface area contributed by atoms with Crippen molar-refractivity contribution in [3.05, 3.63) is 46.9 Å². The highest BCUT2D eigenvalue weighted by molar-refractivity contribution is 9.10. The Morgan fingerprint density at radius 3 is 2.55 bits per heavy atom. The van der Waals surface area contributed by atoms with Gasteiger partial charge in [0.05, 0.1) is 12.8 Å². The summed E-state index contributed by atoms with van der Waals surface area (Å²) in [7, 11) is -2.25. The first kappa shape index (κ1) is 14.7. The zero-order chi connectivity index (χ0) is 14.8. The predicted octanol–water partition coefficient (Wildman–Crippen LogP) is 2.84. The Morgan fingerprint density at radius 1 is 1.20 bits per heavy atom. The van der Waals surface area contributed by atoms with Gasteiger partial charge in [-0.2, -0.15) is 0 Å². The standard InChI is InChI=1S/C13H13BrN2O3S/c1-19-12-5-3-2-4-11(12)16-20(17,18)13-7-6-9(15)8-10(13)14/h2-8,16H,15H2,1H3. The number of rotatable bonds is 4. The molecule has 0 radical (unpaired) electrons. The van der Waals surface area contributed by atoms with Crippen LogP contribution in [-0.4, -0.2) is 15.5 Å². The molecule has 0 aliphatic heterocycles. The van der Waals surface area contributed by atoms with Crippen LogP contribution in [0.3, 0.4) is 0 Å². The second kappa shape index (κ2) is 5.72. The molecule has 0 bridgehead atoms. The smallest absolute Gasteiger partial charge is 0.263 e. The summed E-state index contributed by atoms with van der Waals surface area (Å²) < 4.78 is 32.7. The number of nitrogen functional groups attached to an aromatic ring is 1. The van der Waals surface area contributed by atoms with Crippen LogP contribution in [0.1, 0.15) is 0 Å². The molecule has 2 aromatic rings. The minimum Gasteiger partial charge on any atom is -0.495 e. The second-order valence-corrected chi connectivity index (χ2v) is 6.50. The SMILES string of the molecule is COc1ccccc1NS(=O)(=O)c1ccc(N)cc1Br. The minimum atomic E-state index is -3.73. The lowest BCUT2D eigenvalue weighted by molar-refractivity contribution is 0.417. The molecule has 2 aromatic carbocycles. The Morgan fingerprint density at radius 2 is 1.90 bits per heavy atom. The quantitative estimate of drug-likeness (QED) is 0.825. The maximum Gasteiger partial charge on any atom is 0.263 e. The third-order valence-electron chi connectivity index (χ3n) is 2.60. The molecule has 0 aromatic heterocycles. The molecular weight excluding hydrogens is 344 g/mol. The number of methoxy groups -OCH3 is 1. The van der Waals surface area contributed by atoms with Crippen LogP contribution in [0.2, 0.25) is 0 Å². The van der Waals surface area contributed by atoms with E-state index in [9.17, 15) is 8.42 Å². The summed E-state index contributed by atoms with van der Waals surface area (Å²) in [6.07, 6.45) is 0. The van der Waals surface area contributed by atoms with E-state index in [0.717, 1.165) is 0 Å². The van der Waals surface area contributed by atoms with Gasteiger partial charge in [-0.05, 0) is 46.3 Å². The maximum absolute atomic E-state index is 12.4. The molecule has 0 fully saturated rings. The van der Waals surface area contributed by atoms with Crippen molar-refractivity contribution in [2.75, 3.05) is 17.6 Å². The lowest BCUT2D eigenvalue weighted by atomic mass is 10.3.